The van der Waals surface area contributed by atoms with Crippen LogP contribution in [0.5, 0.6) is 17.2 Å². The van der Waals surface area contributed by atoms with E-state index in [9.17, 15) is 0 Å². The Labute approximate surface area is 184 Å². The lowest BCUT2D eigenvalue weighted by atomic mass is 10.0. The highest BCUT2D eigenvalue weighted by Gasteiger charge is 2.18. The molecule has 0 atom stereocenters. The van der Waals surface area contributed by atoms with E-state index >= 15 is 0 Å². The van der Waals surface area contributed by atoms with Crippen LogP contribution < -0.4 is 19.5 Å². The summed E-state index contributed by atoms with van der Waals surface area (Å²) in [6.07, 6.45) is 0. The van der Waals surface area contributed by atoms with Crippen molar-refractivity contribution in [1.29, 1.82) is 0 Å². The fourth-order valence-corrected chi connectivity index (χ4v) is 4.91. The molecule has 3 heterocycles. The number of hydrogen-bond acceptors (Lipinski definition) is 7. The van der Waals surface area contributed by atoms with Crippen molar-refractivity contribution < 1.29 is 14.2 Å². The summed E-state index contributed by atoms with van der Waals surface area (Å²) in [4.78, 5) is 11.6. The molecule has 1 aliphatic heterocycles. The van der Waals surface area contributed by atoms with Crippen molar-refractivity contribution in [1.82, 2.24) is 9.97 Å². The SMILES string of the molecule is CCOc1ccc(-c2c(C)sc3nc(C)nc(NCc4ccc5c(c4)OCO5)c23)cc1. The smallest absolute Gasteiger partial charge is 0.231 e. The molecule has 0 spiro atoms. The monoisotopic (exact) mass is 433 g/mol. The van der Waals surface area contributed by atoms with E-state index in [1.807, 2.05) is 44.2 Å². The Balaban J connectivity index is 1.51. The Hall–Kier alpha value is -3.32. The summed E-state index contributed by atoms with van der Waals surface area (Å²) in [6.45, 7) is 7.60. The van der Waals surface area contributed by atoms with Gasteiger partial charge in [0.15, 0.2) is 11.5 Å². The quantitative estimate of drug-likeness (QED) is 0.420. The highest BCUT2D eigenvalue weighted by molar-refractivity contribution is 7.19. The Bertz CT molecular complexity index is 1250. The molecule has 158 valence electrons. The zero-order chi connectivity index (χ0) is 21.4. The molecular weight excluding hydrogens is 410 g/mol. The van der Waals surface area contributed by atoms with Crippen molar-refractivity contribution in [2.24, 2.45) is 0 Å². The van der Waals surface area contributed by atoms with E-state index in [4.69, 9.17) is 24.2 Å². The third-order valence-electron chi connectivity index (χ3n) is 5.19. The summed E-state index contributed by atoms with van der Waals surface area (Å²) in [5.74, 6) is 4.03. The molecule has 0 amide bonds. The van der Waals surface area contributed by atoms with Crippen LogP contribution in [0.3, 0.4) is 0 Å². The Kier molecular flexibility index (Phi) is 5.11. The number of nitrogens with one attached hydrogen (secondary N) is 1. The van der Waals surface area contributed by atoms with E-state index in [2.05, 4.69) is 24.4 Å². The van der Waals surface area contributed by atoms with E-state index in [0.717, 1.165) is 55.8 Å². The van der Waals surface area contributed by atoms with Gasteiger partial charge in [-0.25, -0.2) is 9.97 Å². The maximum Gasteiger partial charge on any atom is 0.231 e. The van der Waals surface area contributed by atoms with Gasteiger partial charge < -0.3 is 19.5 Å². The van der Waals surface area contributed by atoms with E-state index in [1.54, 1.807) is 11.3 Å². The lowest BCUT2D eigenvalue weighted by Gasteiger charge is -2.11. The highest BCUT2D eigenvalue weighted by Crippen LogP contribution is 2.41. The molecule has 0 radical (unpaired) electrons. The first-order valence-corrected chi connectivity index (χ1v) is 11.1. The zero-order valence-corrected chi connectivity index (χ0v) is 18.5. The highest BCUT2D eigenvalue weighted by atomic mass is 32.1. The summed E-state index contributed by atoms with van der Waals surface area (Å²) >= 11 is 1.70. The third kappa shape index (κ3) is 3.77. The molecule has 31 heavy (non-hydrogen) atoms. The van der Waals surface area contributed by atoms with Gasteiger partial charge in [-0.15, -0.1) is 11.3 Å². The molecule has 1 N–H and O–H groups in total. The molecule has 0 saturated heterocycles. The van der Waals surface area contributed by atoms with Crippen LogP contribution in [0.2, 0.25) is 0 Å². The van der Waals surface area contributed by atoms with Crippen molar-refractivity contribution in [3.05, 3.63) is 58.7 Å². The predicted octanol–water partition coefficient (Wildman–Crippen LogP) is 5.71. The van der Waals surface area contributed by atoms with Crippen LogP contribution in [0.1, 0.15) is 23.2 Å². The Morgan fingerprint density at radius 2 is 1.84 bits per heavy atom. The number of thiophene rings is 1. The minimum absolute atomic E-state index is 0.275. The van der Waals surface area contributed by atoms with Crippen molar-refractivity contribution in [2.75, 3.05) is 18.7 Å². The van der Waals surface area contributed by atoms with Crippen LogP contribution in [0, 0.1) is 13.8 Å². The van der Waals surface area contributed by atoms with Gasteiger partial charge in [-0.1, -0.05) is 18.2 Å². The number of aryl methyl sites for hydroxylation is 2. The summed E-state index contributed by atoms with van der Waals surface area (Å²) in [6, 6.07) is 14.2. The number of benzene rings is 2. The number of hydrogen-bond donors (Lipinski definition) is 1. The number of nitrogens with zero attached hydrogens (tertiary/aromatic N) is 2. The van der Waals surface area contributed by atoms with Crippen LogP contribution in [0.25, 0.3) is 21.3 Å². The summed E-state index contributed by atoms with van der Waals surface area (Å²) < 4.78 is 16.5. The van der Waals surface area contributed by atoms with E-state index in [-0.39, 0.29) is 6.79 Å². The number of ether oxygens (including phenoxy) is 3. The molecule has 6 nitrogen and oxygen atoms in total. The van der Waals surface area contributed by atoms with Crippen molar-refractivity contribution in [3.8, 4) is 28.4 Å². The standard InChI is InChI=1S/C24H23N3O3S/c1-4-28-18-8-6-17(7-9-18)21-14(2)31-24-22(21)23(26-15(3)27-24)25-12-16-5-10-19-20(11-16)30-13-29-19/h5-11H,4,12-13H2,1-3H3,(H,25,26,27). The molecular formula is C24H23N3O3S. The van der Waals surface area contributed by atoms with Gasteiger partial charge in [0.05, 0.1) is 12.0 Å². The lowest BCUT2D eigenvalue weighted by molar-refractivity contribution is 0.174. The van der Waals surface area contributed by atoms with Gasteiger partial charge in [-0.05, 0) is 56.2 Å². The zero-order valence-electron chi connectivity index (χ0n) is 17.7. The predicted molar refractivity (Wildman–Crippen MR) is 123 cm³/mol. The minimum Gasteiger partial charge on any atom is -0.494 e. The second kappa shape index (κ2) is 8.07. The number of aromatic nitrogens is 2. The van der Waals surface area contributed by atoms with Crippen LogP contribution >= 0.6 is 11.3 Å². The van der Waals surface area contributed by atoms with Gasteiger partial charge in [0.2, 0.25) is 6.79 Å². The van der Waals surface area contributed by atoms with E-state index in [0.29, 0.717) is 13.2 Å². The molecule has 1 aliphatic rings. The molecule has 4 aromatic rings. The molecule has 5 rings (SSSR count). The number of fused-ring (bicyclic) bond motifs is 2. The second-order valence-corrected chi connectivity index (χ2v) is 8.53. The van der Waals surface area contributed by atoms with Crippen LogP contribution in [0.15, 0.2) is 42.5 Å². The molecule has 0 bridgehead atoms. The molecule has 2 aromatic heterocycles. The lowest BCUT2D eigenvalue weighted by Crippen LogP contribution is -2.04. The average Bonchev–Trinajstić information content (AvgIpc) is 3.36. The van der Waals surface area contributed by atoms with Crippen molar-refractivity contribution in [2.45, 2.75) is 27.3 Å². The van der Waals surface area contributed by atoms with Gasteiger partial charge in [-0.3, -0.25) is 0 Å². The second-order valence-electron chi connectivity index (χ2n) is 7.33. The minimum atomic E-state index is 0.275. The van der Waals surface area contributed by atoms with Crippen LogP contribution in [-0.2, 0) is 6.54 Å². The van der Waals surface area contributed by atoms with Crippen LogP contribution in [-0.4, -0.2) is 23.4 Å². The molecule has 0 unspecified atom stereocenters. The fraction of sp³-hybridized carbons (Fsp3) is 0.250. The first-order chi connectivity index (χ1) is 15.1. The van der Waals surface area contributed by atoms with Crippen molar-refractivity contribution >= 4 is 27.4 Å². The Morgan fingerprint density at radius 1 is 1.03 bits per heavy atom. The summed E-state index contributed by atoms with van der Waals surface area (Å²) in [7, 11) is 0. The molecule has 0 aliphatic carbocycles. The summed E-state index contributed by atoms with van der Waals surface area (Å²) in [5.41, 5.74) is 3.39. The maximum absolute atomic E-state index is 5.60. The third-order valence-corrected chi connectivity index (χ3v) is 6.19. The van der Waals surface area contributed by atoms with E-state index in [1.165, 1.54) is 4.88 Å². The van der Waals surface area contributed by atoms with Gasteiger partial charge in [0, 0.05) is 17.0 Å². The van der Waals surface area contributed by atoms with Gasteiger partial charge in [-0.2, -0.15) is 0 Å². The summed E-state index contributed by atoms with van der Waals surface area (Å²) in [5, 5.41) is 4.58. The van der Waals surface area contributed by atoms with E-state index < -0.39 is 0 Å². The first kappa shape index (κ1) is 19.6. The average molecular weight is 434 g/mol. The molecule has 0 fully saturated rings. The molecule has 0 saturated carbocycles. The topological polar surface area (TPSA) is 65.5 Å². The van der Waals surface area contributed by atoms with Gasteiger partial charge in [0.1, 0.15) is 22.2 Å². The number of anilines is 1. The Morgan fingerprint density at radius 3 is 2.65 bits per heavy atom. The van der Waals surface area contributed by atoms with Crippen molar-refractivity contribution in [3.63, 3.8) is 0 Å². The molecule has 2 aromatic carbocycles. The van der Waals surface area contributed by atoms with Crippen LogP contribution in [0.4, 0.5) is 5.82 Å². The fourth-order valence-electron chi connectivity index (χ4n) is 3.81. The van der Waals surface area contributed by atoms with Gasteiger partial charge >= 0.3 is 0 Å². The normalized spacial score (nSPS) is 12.4. The first-order valence-electron chi connectivity index (χ1n) is 10.3. The largest absolute Gasteiger partial charge is 0.494 e. The van der Waals surface area contributed by atoms with Gasteiger partial charge in [0.25, 0.3) is 0 Å². The number of rotatable bonds is 6. The maximum atomic E-state index is 5.60. The molecule has 7 heteroatoms.